The van der Waals surface area contributed by atoms with E-state index in [9.17, 15) is 0 Å². The second-order valence-corrected chi connectivity index (χ2v) is 8.28. The number of ether oxygens (including phenoxy) is 2. The van der Waals surface area contributed by atoms with Gasteiger partial charge in [-0.15, -0.1) is 0 Å². The maximum absolute atomic E-state index is 5.90. The van der Waals surface area contributed by atoms with Gasteiger partial charge in [0.15, 0.2) is 6.29 Å². The Bertz CT molecular complexity index is 293. The van der Waals surface area contributed by atoms with Crippen LogP contribution in [0.4, 0.5) is 0 Å². The van der Waals surface area contributed by atoms with E-state index >= 15 is 0 Å². The fourth-order valence-corrected chi connectivity index (χ4v) is 4.62. The van der Waals surface area contributed by atoms with Gasteiger partial charge < -0.3 is 9.47 Å². The predicted octanol–water partition coefficient (Wildman–Crippen LogP) is 5.02. The molecule has 2 heteroatoms. The molecular formula is C19H34O2. The summed E-state index contributed by atoms with van der Waals surface area (Å²) in [5, 5.41) is 0. The normalized spacial score (nSPS) is 45.4. The van der Waals surface area contributed by atoms with Gasteiger partial charge in [0.2, 0.25) is 0 Å². The predicted molar refractivity (Wildman–Crippen MR) is 86.0 cm³/mol. The molecule has 0 aromatic heterocycles. The van der Waals surface area contributed by atoms with Crippen LogP contribution in [-0.2, 0) is 9.47 Å². The van der Waals surface area contributed by atoms with E-state index in [4.69, 9.17) is 9.47 Å². The van der Waals surface area contributed by atoms with Gasteiger partial charge in [-0.25, -0.2) is 0 Å². The minimum absolute atomic E-state index is 0.109. The van der Waals surface area contributed by atoms with Gasteiger partial charge in [-0.3, -0.25) is 0 Å². The van der Waals surface area contributed by atoms with Crippen molar-refractivity contribution in [3.05, 3.63) is 0 Å². The highest BCUT2D eigenvalue weighted by Gasteiger charge is 2.32. The van der Waals surface area contributed by atoms with Crippen molar-refractivity contribution in [2.24, 2.45) is 29.6 Å². The summed E-state index contributed by atoms with van der Waals surface area (Å²) < 4.78 is 11.8. The molecule has 0 atom stereocenters. The lowest BCUT2D eigenvalue weighted by atomic mass is 9.73. The van der Waals surface area contributed by atoms with Crippen molar-refractivity contribution in [2.45, 2.75) is 77.9 Å². The fourth-order valence-electron chi connectivity index (χ4n) is 4.62. The summed E-state index contributed by atoms with van der Waals surface area (Å²) in [6.45, 7) is 6.42. The molecule has 0 spiro atoms. The van der Waals surface area contributed by atoms with Gasteiger partial charge in [0.05, 0.1) is 13.2 Å². The topological polar surface area (TPSA) is 18.5 Å². The second kappa shape index (κ2) is 7.46. The first kappa shape index (κ1) is 15.8. The van der Waals surface area contributed by atoms with Gasteiger partial charge in [0.1, 0.15) is 0 Å². The summed E-state index contributed by atoms with van der Waals surface area (Å²) in [7, 11) is 0. The van der Waals surface area contributed by atoms with E-state index in [-0.39, 0.29) is 6.29 Å². The van der Waals surface area contributed by atoms with Crippen molar-refractivity contribution in [2.75, 3.05) is 13.2 Å². The highest BCUT2D eigenvalue weighted by molar-refractivity contribution is 4.79. The first-order valence-electron chi connectivity index (χ1n) is 9.44. The van der Waals surface area contributed by atoms with Crippen LogP contribution in [0.15, 0.2) is 0 Å². The molecule has 0 bridgehead atoms. The summed E-state index contributed by atoms with van der Waals surface area (Å²) in [6, 6.07) is 0. The average Bonchev–Trinajstić information content (AvgIpc) is 2.51. The molecule has 1 aliphatic heterocycles. The van der Waals surface area contributed by atoms with E-state index in [0.29, 0.717) is 11.8 Å². The standard InChI is InChI=1S/C19H34O2/c1-14-3-5-16(6-4-14)11-17-7-9-18(10-8-17)19-20-12-15(2)13-21-19/h14-19H,3-13H2,1-2H3. The lowest BCUT2D eigenvalue weighted by molar-refractivity contribution is -0.227. The summed E-state index contributed by atoms with van der Waals surface area (Å²) in [6.07, 6.45) is 13.0. The molecule has 2 saturated carbocycles. The van der Waals surface area contributed by atoms with Crippen molar-refractivity contribution < 1.29 is 9.47 Å². The Morgan fingerprint density at radius 1 is 0.667 bits per heavy atom. The molecular weight excluding hydrogens is 260 g/mol. The Labute approximate surface area is 131 Å². The Morgan fingerprint density at radius 3 is 1.76 bits per heavy atom. The minimum Gasteiger partial charge on any atom is -0.352 e. The van der Waals surface area contributed by atoms with Crippen molar-refractivity contribution >= 4 is 0 Å². The monoisotopic (exact) mass is 294 g/mol. The summed E-state index contributed by atoms with van der Waals surface area (Å²) in [4.78, 5) is 0. The Morgan fingerprint density at radius 2 is 1.19 bits per heavy atom. The molecule has 0 aromatic rings. The van der Waals surface area contributed by atoms with Crippen molar-refractivity contribution in [1.29, 1.82) is 0 Å². The molecule has 21 heavy (non-hydrogen) atoms. The quantitative estimate of drug-likeness (QED) is 0.727. The highest BCUT2D eigenvalue weighted by Crippen LogP contribution is 2.39. The van der Waals surface area contributed by atoms with E-state index < -0.39 is 0 Å². The first-order chi connectivity index (χ1) is 10.2. The molecule has 2 nitrogen and oxygen atoms in total. The van der Waals surface area contributed by atoms with Crippen LogP contribution in [0.3, 0.4) is 0 Å². The van der Waals surface area contributed by atoms with Gasteiger partial charge >= 0.3 is 0 Å². The number of hydrogen-bond donors (Lipinski definition) is 0. The van der Waals surface area contributed by atoms with Gasteiger partial charge in [0.25, 0.3) is 0 Å². The maximum atomic E-state index is 5.90. The van der Waals surface area contributed by atoms with E-state index in [2.05, 4.69) is 13.8 Å². The van der Waals surface area contributed by atoms with Crippen molar-refractivity contribution in [3.63, 3.8) is 0 Å². The Balaban J connectivity index is 1.37. The summed E-state index contributed by atoms with van der Waals surface area (Å²) in [5.41, 5.74) is 0. The molecule has 3 aliphatic rings. The first-order valence-corrected chi connectivity index (χ1v) is 9.44. The van der Waals surface area contributed by atoms with Crippen LogP contribution in [0, 0.1) is 29.6 Å². The highest BCUT2D eigenvalue weighted by atomic mass is 16.7. The fraction of sp³-hybridized carbons (Fsp3) is 1.00. The zero-order valence-corrected chi connectivity index (χ0v) is 14.1. The van der Waals surface area contributed by atoms with Gasteiger partial charge in [-0.1, -0.05) is 39.5 Å². The molecule has 1 saturated heterocycles. The zero-order chi connectivity index (χ0) is 14.7. The molecule has 0 radical (unpaired) electrons. The van der Waals surface area contributed by atoms with Gasteiger partial charge in [-0.05, 0) is 49.9 Å². The van der Waals surface area contributed by atoms with Crippen LogP contribution in [0.1, 0.15) is 71.6 Å². The molecule has 1 heterocycles. The van der Waals surface area contributed by atoms with Gasteiger partial charge in [0, 0.05) is 11.8 Å². The maximum Gasteiger partial charge on any atom is 0.160 e. The van der Waals surface area contributed by atoms with Gasteiger partial charge in [-0.2, -0.15) is 0 Å². The Kier molecular flexibility index (Phi) is 5.61. The largest absolute Gasteiger partial charge is 0.352 e. The molecule has 0 amide bonds. The van der Waals surface area contributed by atoms with E-state index in [1.54, 1.807) is 0 Å². The average molecular weight is 294 g/mol. The van der Waals surface area contributed by atoms with Crippen LogP contribution in [0.2, 0.25) is 0 Å². The number of hydrogen-bond acceptors (Lipinski definition) is 2. The van der Waals surface area contributed by atoms with Crippen LogP contribution < -0.4 is 0 Å². The Hall–Kier alpha value is -0.0800. The van der Waals surface area contributed by atoms with E-state index in [1.807, 2.05) is 0 Å². The molecule has 2 aliphatic carbocycles. The van der Waals surface area contributed by atoms with Crippen LogP contribution in [0.5, 0.6) is 0 Å². The molecule has 0 unspecified atom stereocenters. The second-order valence-electron chi connectivity index (χ2n) is 8.28. The number of rotatable bonds is 3. The van der Waals surface area contributed by atoms with Crippen molar-refractivity contribution in [1.82, 2.24) is 0 Å². The lowest BCUT2D eigenvalue weighted by Crippen LogP contribution is -2.37. The molecule has 0 N–H and O–H groups in total. The zero-order valence-electron chi connectivity index (χ0n) is 14.1. The smallest absolute Gasteiger partial charge is 0.160 e. The van der Waals surface area contributed by atoms with Crippen LogP contribution >= 0.6 is 0 Å². The third kappa shape index (κ3) is 4.45. The molecule has 3 fully saturated rings. The minimum atomic E-state index is 0.109. The molecule has 0 aromatic carbocycles. The van der Waals surface area contributed by atoms with Crippen LogP contribution in [0.25, 0.3) is 0 Å². The van der Waals surface area contributed by atoms with Crippen molar-refractivity contribution in [3.8, 4) is 0 Å². The summed E-state index contributed by atoms with van der Waals surface area (Å²) >= 11 is 0. The third-order valence-electron chi connectivity index (χ3n) is 6.17. The SMILES string of the molecule is CC1CCC(CC2CCC(C3OCC(C)CO3)CC2)CC1. The lowest BCUT2D eigenvalue weighted by Gasteiger charge is -2.38. The molecule has 122 valence electrons. The van der Waals surface area contributed by atoms with Crippen LogP contribution in [-0.4, -0.2) is 19.5 Å². The summed E-state index contributed by atoms with van der Waals surface area (Å²) in [5.74, 6) is 4.25. The van der Waals surface area contributed by atoms with E-state index in [0.717, 1.165) is 31.0 Å². The molecule has 3 rings (SSSR count). The third-order valence-corrected chi connectivity index (χ3v) is 6.17. The van der Waals surface area contributed by atoms with E-state index in [1.165, 1.54) is 57.8 Å².